The van der Waals surface area contributed by atoms with Gasteiger partial charge in [-0.25, -0.2) is 12.8 Å². The number of hydrogen-bond donors (Lipinski definition) is 0. The first-order valence-electron chi connectivity index (χ1n) is 9.46. The van der Waals surface area contributed by atoms with Gasteiger partial charge in [-0.2, -0.15) is 0 Å². The molecule has 0 bridgehead atoms. The highest BCUT2D eigenvalue weighted by atomic mass is 32.2. The van der Waals surface area contributed by atoms with Crippen molar-refractivity contribution >= 4 is 27.6 Å². The summed E-state index contributed by atoms with van der Waals surface area (Å²) in [6.45, 7) is 0.759. The number of carbonyl (C=O) groups excluding carboxylic acids is 2. The van der Waals surface area contributed by atoms with Gasteiger partial charge >= 0.3 is 5.97 Å². The molecular formula is C21H23FN2O5S. The lowest BCUT2D eigenvalue weighted by molar-refractivity contribution is -0.146. The van der Waals surface area contributed by atoms with E-state index in [1.54, 1.807) is 11.0 Å². The van der Waals surface area contributed by atoms with Crippen LogP contribution < -0.4 is 4.31 Å². The van der Waals surface area contributed by atoms with Crippen LogP contribution >= 0.6 is 0 Å². The quantitative estimate of drug-likeness (QED) is 0.676. The predicted octanol–water partition coefficient (Wildman–Crippen LogP) is 2.68. The predicted molar refractivity (Wildman–Crippen MR) is 109 cm³/mol. The Bertz CT molecular complexity index is 1050. The van der Waals surface area contributed by atoms with E-state index in [9.17, 15) is 22.4 Å². The minimum atomic E-state index is -4.06. The van der Waals surface area contributed by atoms with E-state index in [1.165, 1.54) is 56.6 Å². The maximum absolute atomic E-state index is 14.1. The second-order valence-corrected chi connectivity index (χ2v) is 9.01. The first kappa shape index (κ1) is 21.8. The largest absolute Gasteiger partial charge is 0.469 e. The van der Waals surface area contributed by atoms with Crippen LogP contribution in [0.4, 0.5) is 10.1 Å². The van der Waals surface area contributed by atoms with E-state index in [0.29, 0.717) is 25.9 Å². The third-order valence-corrected chi connectivity index (χ3v) is 7.02. The summed E-state index contributed by atoms with van der Waals surface area (Å²) in [5, 5.41) is 0. The number of piperidine rings is 1. The van der Waals surface area contributed by atoms with E-state index in [2.05, 4.69) is 0 Å². The molecule has 160 valence electrons. The van der Waals surface area contributed by atoms with Crippen molar-refractivity contribution in [3.8, 4) is 0 Å². The monoisotopic (exact) mass is 434 g/mol. The summed E-state index contributed by atoms with van der Waals surface area (Å²) >= 11 is 0. The Labute approximate surface area is 175 Å². The standard InChI is InChI=1S/C21H23FN2O5S/c1-23(19-9-4-3-8-18(19)22)30(27,28)17-7-5-6-16(14-17)20(25)24-12-10-15(11-13-24)21(26)29-2/h3-9,14-15H,10-13H2,1-2H3. The molecular weight excluding hydrogens is 411 g/mol. The summed E-state index contributed by atoms with van der Waals surface area (Å²) in [4.78, 5) is 26.0. The smallest absolute Gasteiger partial charge is 0.308 e. The van der Waals surface area contributed by atoms with Crippen molar-refractivity contribution in [3.05, 3.63) is 59.9 Å². The van der Waals surface area contributed by atoms with Crippen LogP contribution in [-0.4, -0.2) is 52.4 Å². The van der Waals surface area contributed by atoms with E-state index >= 15 is 0 Å². The number of esters is 1. The molecule has 1 amide bonds. The zero-order chi connectivity index (χ0) is 21.9. The van der Waals surface area contributed by atoms with Crippen LogP contribution in [0.2, 0.25) is 0 Å². The third-order valence-electron chi connectivity index (χ3n) is 5.25. The fourth-order valence-corrected chi connectivity index (χ4v) is 4.70. The number of sulfonamides is 1. The van der Waals surface area contributed by atoms with E-state index < -0.39 is 15.8 Å². The summed E-state index contributed by atoms with van der Waals surface area (Å²) in [5.41, 5.74) is 0.133. The highest BCUT2D eigenvalue weighted by Crippen LogP contribution is 2.26. The molecule has 3 rings (SSSR count). The van der Waals surface area contributed by atoms with Crippen molar-refractivity contribution in [1.29, 1.82) is 0 Å². The van der Waals surface area contributed by atoms with Crippen LogP contribution in [0, 0.1) is 11.7 Å². The van der Waals surface area contributed by atoms with Gasteiger partial charge in [0.2, 0.25) is 0 Å². The number of ether oxygens (including phenoxy) is 1. The zero-order valence-corrected chi connectivity index (χ0v) is 17.6. The molecule has 1 aliphatic heterocycles. The van der Waals surface area contributed by atoms with Gasteiger partial charge in [-0.1, -0.05) is 18.2 Å². The van der Waals surface area contributed by atoms with Crippen molar-refractivity contribution in [2.75, 3.05) is 31.6 Å². The van der Waals surface area contributed by atoms with E-state index in [0.717, 1.165) is 4.31 Å². The number of hydrogen-bond acceptors (Lipinski definition) is 5. The van der Waals surface area contributed by atoms with Crippen LogP contribution in [0.3, 0.4) is 0 Å². The number of benzene rings is 2. The molecule has 1 saturated heterocycles. The molecule has 0 N–H and O–H groups in total. The highest BCUT2D eigenvalue weighted by Gasteiger charge is 2.29. The Morgan fingerprint density at radius 3 is 2.40 bits per heavy atom. The average molecular weight is 434 g/mol. The van der Waals surface area contributed by atoms with Gasteiger partial charge in [0.25, 0.3) is 15.9 Å². The maximum atomic E-state index is 14.1. The molecule has 0 saturated carbocycles. The summed E-state index contributed by atoms with van der Waals surface area (Å²) < 4.78 is 45.6. The Kier molecular flexibility index (Phi) is 6.40. The summed E-state index contributed by atoms with van der Waals surface area (Å²) in [5.74, 6) is -1.50. The van der Waals surface area contributed by atoms with Crippen LogP contribution in [0.15, 0.2) is 53.4 Å². The molecule has 1 aliphatic rings. The highest BCUT2D eigenvalue weighted by molar-refractivity contribution is 7.92. The molecule has 7 nitrogen and oxygen atoms in total. The number of halogens is 1. The van der Waals surface area contributed by atoms with E-state index in [-0.39, 0.29) is 33.9 Å². The van der Waals surface area contributed by atoms with Crippen molar-refractivity contribution in [1.82, 2.24) is 4.90 Å². The summed E-state index contributed by atoms with van der Waals surface area (Å²) in [6.07, 6.45) is 0.985. The number of methoxy groups -OCH3 is 1. The van der Waals surface area contributed by atoms with Gasteiger partial charge in [0.05, 0.1) is 23.6 Å². The SMILES string of the molecule is COC(=O)C1CCN(C(=O)c2cccc(S(=O)(=O)N(C)c3ccccc3F)c2)CC1. The number of amides is 1. The molecule has 0 atom stereocenters. The number of nitrogens with zero attached hydrogens (tertiary/aromatic N) is 2. The number of likely N-dealkylation sites (tertiary alicyclic amines) is 1. The Hall–Kier alpha value is -2.94. The Morgan fingerprint density at radius 1 is 1.10 bits per heavy atom. The van der Waals surface area contributed by atoms with Gasteiger partial charge in [-0.15, -0.1) is 0 Å². The Morgan fingerprint density at radius 2 is 1.77 bits per heavy atom. The number of carbonyl (C=O) groups is 2. The second kappa shape index (κ2) is 8.83. The van der Waals surface area contributed by atoms with Gasteiger partial charge in [-0.3, -0.25) is 13.9 Å². The summed E-state index contributed by atoms with van der Waals surface area (Å²) in [6, 6.07) is 11.2. The van der Waals surface area contributed by atoms with Gasteiger partial charge < -0.3 is 9.64 Å². The molecule has 0 radical (unpaired) electrons. The van der Waals surface area contributed by atoms with Gasteiger partial charge in [-0.05, 0) is 43.2 Å². The topological polar surface area (TPSA) is 84.0 Å². The molecule has 1 fully saturated rings. The molecule has 0 spiro atoms. The van der Waals surface area contributed by atoms with E-state index in [4.69, 9.17) is 4.74 Å². The number of para-hydroxylation sites is 1. The van der Waals surface area contributed by atoms with Gasteiger partial charge in [0.15, 0.2) is 0 Å². The van der Waals surface area contributed by atoms with Crippen LogP contribution in [0.5, 0.6) is 0 Å². The van der Waals surface area contributed by atoms with Crippen molar-refractivity contribution in [2.24, 2.45) is 5.92 Å². The lowest BCUT2D eigenvalue weighted by Gasteiger charge is -2.30. The fourth-order valence-electron chi connectivity index (χ4n) is 3.45. The zero-order valence-electron chi connectivity index (χ0n) is 16.7. The van der Waals surface area contributed by atoms with Gasteiger partial charge in [0, 0.05) is 25.7 Å². The third kappa shape index (κ3) is 4.30. The Balaban J connectivity index is 1.80. The second-order valence-electron chi connectivity index (χ2n) is 7.04. The molecule has 2 aromatic carbocycles. The van der Waals surface area contributed by atoms with Crippen LogP contribution in [0.1, 0.15) is 23.2 Å². The lowest BCUT2D eigenvalue weighted by atomic mass is 9.96. The molecule has 1 heterocycles. The maximum Gasteiger partial charge on any atom is 0.308 e. The number of rotatable bonds is 5. The summed E-state index contributed by atoms with van der Waals surface area (Å²) in [7, 11) is -1.46. The van der Waals surface area contributed by atoms with Gasteiger partial charge in [0.1, 0.15) is 5.82 Å². The first-order chi connectivity index (χ1) is 14.3. The lowest BCUT2D eigenvalue weighted by Crippen LogP contribution is -2.40. The minimum Gasteiger partial charge on any atom is -0.469 e. The van der Waals surface area contributed by atoms with Crippen molar-refractivity contribution in [3.63, 3.8) is 0 Å². The normalized spacial score (nSPS) is 15.0. The minimum absolute atomic E-state index is 0.0842. The number of anilines is 1. The van der Waals surface area contributed by atoms with Crippen molar-refractivity contribution < 1.29 is 27.1 Å². The molecule has 2 aromatic rings. The van der Waals surface area contributed by atoms with Crippen molar-refractivity contribution in [2.45, 2.75) is 17.7 Å². The fraction of sp³-hybridized carbons (Fsp3) is 0.333. The van der Waals surface area contributed by atoms with Crippen LogP contribution in [0.25, 0.3) is 0 Å². The van der Waals surface area contributed by atoms with Crippen LogP contribution in [-0.2, 0) is 19.6 Å². The average Bonchev–Trinajstić information content (AvgIpc) is 2.78. The first-order valence-corrected chi connectivity index (χ1v) is 10.9. The molecule has 0 unspecified atom stereocenters. The molecule has 0 aromatic heterocycles. The molecule has 9 heteroatoms. The molecule has 30 heavy (non-hydrogen) atoms. The van der Waals surface area contributed by atoms with E-state index in [1.807, 2.05) is 0 Å². The molecule has 0 aliphatic carbocycles.